The summed E-state index contributed by atoms with van der Waals surface area (Å²) >= 11 is 0. The van der Waals surface area contributed by atoms with Crippen molar-refractivity contribution in [3.05, 3.63) is 24.0 Å². The Hall–Kier alpha value is -1.33. The Morgan fingerprint density at radius 2 is 2.29 bits per heavy atom. The minimum Gasteiger partial charge on any atom is -0.388 e. The van der Waals surface area contributed by atoms with Crippen LogP contribution in [0.15, 0.2) is 18.3 Å². The van der Waals surface area contributed by atoms with Crippen LogP contribution >= 0.6 is 0 Å². The second-order valence-electron chi connectivity index (χ2n) is 4.52. The molecule has 1 aromatic heterocycles. The van der Waals surface area contributed by atoms with E-state index in [1.54, 1.807) is 10.6 Å². The lowest BCUT2D eigenvalue weighted by Crippen LogP contribution is -2.46. The molecule has 2 rings (SSSR count). The molecule has 5 heteroatoms. The molecule has 2 N–H and O–H groups in total. The fourth-order valence-corrected chi connectivity index (χ4v) is 1.96. The van der Waals surface area contributed by atoms with E-state index in [1.807, 2.05) is 19.3 Å². The van der Waals surface area contributed by atoms with Gasteiger partial charge in [-0.25, -0.2) is 0 Å². The molecule has 1 aromatic rings. The van der Waals surface area contributed by atoms with E-state index < -0.39 is 5.60 Å². The monoisotopic (exact) mass is 238 g/mol. The largest absolute Gasteiger partial charge is 0.388 e. The molecule has 1 aliphatic heterocycles. The minimum atomic E-state index is -0.820. The van der Waals surface area contributed by atoms with Crippen molar-refractivity contribution in [1.29, 1.82) is 0 Å². The number of amides is 1. The Kier molecular flexibility index (Phi) is 3.49. The van der Waals surface area contributed by atoms with E-state index in [2.05, 4.69) is 5.32 Å². The third-order valence-corrected chi connectivity index (χ3v) is 3.18. The van der Waals surface area contributed by atoms with Gasteiger partial charge < -0.3 is 19.7 Å². The van der Waals surface area contributed by atoms with Crippen LogP contribution < -0.4 is 5.32 Å². The van der Waals surface area contributed by atoms with Crippen molar-refractivity contribution in [2.45, 2.75) is 18.4 Å². The maximum atomic E-state index is 11.8. The highest BCUT2D eigenvalue weighted by Gasteiger charge is 2.30. The maximum Gasteiger partial charge on any atom is 0.267 e. The smallest absolute Gasteiger partial charge is 0.267 e. The van der Waals surface area contributed by atoms with Crippen molar-refractivity contribution in [3.63, 3.8) is 0 Å². The third-order valence-electron chi connectivity index (χ3n) is 3.18. The van der Waals surface area contributed by atoms with Crippen molar-refractivity contribution < 1.29 is 14.6 Å². The van der Waals surface area contributed by atoms with Gasteiger partial charge in [-0.3, -0.25) is 4.79 Å². The molecule has 1 aliphatic rings. The fraction of sp³-hybridized carbons (Fsp3) is 0.583. The summed E-state index contributed by atoms with van der Waals surface area (Å²) in [6.07, 6.45) is 2.96. The van der Waals surface area contributed by atoms with Crippen molar-refractivity contribution in [2.75, 3.05) is 19.8 Å². The Bertz CT molecular complexity index is 394. The van der Waals surface area contributed by atoms with Crippen LogP contribution in [0.2, 0.25) is 0 Å². The SMILES string of the molecule is Cn1cccc1C(=O)NCC1(O)CCOCC1. The Labute approximate surface area is 100 Å². The average Bonchev–Trinajstić information content (AvgIpc) is 2.74. The summed E-state index contributed by atoms with van der Waals surface area (Å²) in [5.74, 6) is -0.155. The number of hydrogen-bond donors (Lipinski definition) is 2. The van der Waals surface area contributed by atoms with Crippen LogP contribution in [0, 0.1) is 0 Å². The topological polar surface area (TPSA) is 63.5 Å². The zero-order chi connectivity index (χ0) is 12.3. The Morgan fingerprint density at radius 3 is 2.88 bits per heavy atom. The van der Waals surface area contributed by atoms with Crippen LogP contribution in [-0.4, -0.2) is 40.9 Å². The summed E-state index contributed by atoms with van der Waals surface area (Å²) in [5.41, 5.74) is -0.223. The standard InChI is InChI=1S/C12H18N2O3/c1-14-6-2-3-10(14)11(15)13-9-12(16)4-7-17-8-5-12/h2-3,6,16H,4-5,7-9H2,1H3,(H,13,15). The number of nitrogens with zero attached hydrogens (tertiary/aromatic N) is 1. The number of aromatic nitrogens is 1. The molecule has 0 spiro atoms. The summed E-state index contributed by atoms with van der Waals surface area (Å²) in [7, 11) is 1.82. The predicted octanol–water partition coefficient (Wildman–Crippen LogP) is 0.296. The van der Waals surface area contributed by atoms with Crippen LogP contribution in [0.5, 0.6) is 0 Å². The van der Waals surface area contributed by atoms with Gasteiger partial charge in [0.2, 0.25) is 0 Å². The number of hydrogen-bond acceptors (Lipinski definition) is 3. The van der Waals surface area contributed by atoms with Crippen LogP contribution in [0.1, 0.15) is 23.3 Å². The Morgan fingerprint density at radius 1 is 1.59 bits per heavy atom. The first-order chi connectivity index (χ1) is 8.11. The van der Waals surface area contributed by atoms with Gasteiger partial charge in [0.1, 0.15) is 5.69 Å². The number of carbonyl (C=O) groups excluding carboxylic acids is 1. The van der Waals surface area contributed by atoms with Gasteiger partial charge in [-0.2, -0.15) is 0 Å². The Balaban J connectivity index is 1.90. The minimum absolute atomic E-state index is 0.155. The summed E-state index contributed by atoms with van der Waals surface area (Å²) in [6, 6.07) is 3.57. The molecular formula is C12H18N2O3. The zero-order valence-corrected chi connectivity index (χ0v) is 9.98. The molecule has 0 bridgehead atoms. The number of ether oxygens (including phenoxy) is 1. The molecule has 1 fully saturated rings. The normalized spacial score (nSPS) is 18.9. The predicted molar refractivity (Wildman–Crippen MR) is 62.7 cm³/mol. The van der Waals surface area contributed by atoms with Crippen LogP contribution in [-0.2, 0) is 11.8 Å². The van der Waals surface area contributed by atoms with Gasteiger partial charge in [-0.1, -0.05) is 0 Å². The first kappa shape index (κ1) is 12.1. The van der Waals surface area contributed by atoms with Gasteiger partial charge in [-0.05, 0) is 12.1 Å². The number of rotatable bonds is 3. The maximum absolute atomic E-state index is 11.8. The van der Waals surface area contributed by atoms with Gasteiger partial charge in [-0.15, -0.1) is 0 Å². The van der Waals surface area contributed by atoms with Gasteiger partial charge in [0.25, 0.3) is 5.91 Å². The molecule has 0 aliphatic carbocycles. The molecular weight excluding hydrogens is 220 g/mol. The van der Waals surface area contributed by atoms with E-state index in [9.17, 15) is 9.90 Å². The third kappa shape index (κ3) is 2.87. The van der Waals surface area contributed by atoms with Crippen molar-refractivity contribution in [3.8, 4) is 0 Å². The highest BCUT2D eigenvalue weighted by molar-refractivity contribution is 5.92. The van der Waals surface area contributed by atoms with Crippen molar-refractivity contribution >= 4 is 5.91 Å². The van der Waals surface area contributed by atoms with E-state index in [1.165, 1.54) is 0 Å². The quantitative estimate of drug-likeness (QED) is 0.796. The van der Waals surface area contributed by atoms with E-state index in [4.69, 9.17) is 4.74 Å². The molecule has 0 atom stereocenters. The molecule has 0 saturated carbocycles. The molecule has 17 heavy (non-hydrogen) atoms. The average molecular weight is 238 g/mol. The lowest BCUT2D eigenvalue weighted by atomic mass is 9.94. The fourth-order valence-electron chi connectivity index (χ4n) is 1.96. The summed E-state index contributed by atoms with van der Waals surface area (Å²) < 4.78 is 6.94. The lowest BCUT2D eigenvalue weighted by molar-refractivity contribution is -0.0605. The lowest BCUT2D eigenvalue weighted by Gasteiger charge is -2.32. The first-order valence-corrected chi connectivity index (χ1v) is 5.80. The van der Waals surface area contributed by atoms with Gasteiger partial charge >= 0.3 is 0 Å². The van der Waals surface area contributed by atoms with Crippen LogP contribution in [0.3, 0.4) is 0 Å². The molecule has 0 unspecified atom stereocenters. The highest BCUT2D eigenvalue weighted by atomic mass is 16.5. The first-order valence-electron chi connectivity index (χ1n) is 5.80. The van der Waals surface area contributed by atoms with E-state index in [0.717, 1.165) is 0 Å². The molecule has 0 aromatic carbocycles. The number of carbonyl (C=O) groups is 1. The van der Waals surface area contributed by atoms with Crippen LogP contribution in [0.4, 0.5) is 0 Å². The van der Waals surface area contributed by atoms with Gasteiger partial charge in [0.05, 0.1) is 5.60 Å². The molecule has 0 radical (unpaired) electrons. The van der Waals surface area contributed by atoms with Gasteiger partial charge in [0.15, 0.2) is 0 Å². The van der Waals surface area contributed by atoms with E-state index >= 15 is 0 Å². The summed E-state index contributed by atoms with van der Waals surface area (Å²) in [6.45, 7) is 1.38. The molecule has 5 nitrogen and oxygen atoms in total. The van der Waals surface area contributed by atoms with Crippen molar-refractivity contribution in [1.82, 2.24) is 9.88 Å². The molecule has 94 valence electrons. The molecule has 1 amide bonds. The molecule has 2 heterocycles. The molecule has 1 saturated heterocycles. The summed E-state index contributed by atoms with van der Waals surface area (Å²) in [5, 5.41) is 13.0. The number of nitrogens with one attached hydrogen (secondary N) is 1. The van der Waals surface area contributed by atoms with Crippen LogP contribution in [0.25, 0.3) is 0 Å². The van der Waals surface area contributed by atoms with E-state index in [-0.39, 0.29) is 12.5 Å². The second-order valence-corrected chi connectivity index (χ2v) is 4.52. The summed E-state index contributed by atoms with van der Waals surface area (Å²) in [4.78, 5) is 11.8. The zero-order valence-electron chi connectivity index (χ0n) is 9.98. The number of aryl methyl sites for hydroxylation is 1. The van der Waals surface area contributed by atoms with Crippen molar-refractivity contribution in [2.24, 2.45) is 7.05 Å². The van der Waals surface area contributed by atoms with Gasteiger partial charge in [0, 0.05) is 45.8 Å². The second kappa shape index (κ2) is 4.89. The van der Waals surface area contributed by atoms with E-state index in [0.29, 0.717) is 31.7 Å². The highest BCUT2D eigenvalue weighted by Crippen LogP contribution is 2.19. The number of aliphatic hydroxyl groups is 1.